The highest BCUT2D eigenvalue weighted by Crippen LogP contribution is 2.38. The second-order valence-corrected chi connectivity index (χ2v) is 7.23. The summed E-state index contributed by atoms with van der Waals surface area (Å²) in [6, 6.07) is 11.6. The van der Waals surface area contributed by atoms with Gasteiger partial charge < -0.3 is 10.1 Å². The van der Waals surface area contributed by atoms with Crippen molar-refractivity contribution in [1.29, 1.82) is 0 Å². The van der Waals surface area contributed by atoms with Crippen LogP contribution in [0.1, 0.15) is 43.0 Å². The fourth-order valence-corrected chi connectivity index (χ4v) is 3.40. The van der Waals surface area contributed by atoms with E-state index in [0.29, 0.717) is 40.9 Å². The summed E-state index contributed by atoms with van der Waals surface area (Å²) in [6.45, 7) is 1.01. The van der Waals surface area contributed by atoms with Gasteiger partial charge in [0, 0.05) is 35.9 Å². The van der Waals surface area contributed by atoms with Crippen molar-refractivity contribution in [3.8, 4) is 0 Å². The van der Waals surface area contributed by atoms with Crippen molar-refractivity contribution in [2.24, 2.45) is 4.99 Å². The van der Waals surface area contributed by atoms with Crippen LogP contribution in [0.15, 0.2) is 64.4 Å². The first kappa shape index (κ1) is 21.8. The molecule has 0 saturated carbocycles. The molecule has 7 heteroatoms. The van der Waals surface area contributed by atoms with Gasteiger partial charge in [0.05, 0.1) is 6.54 Å². The van der Waals surface area contributed by atoms with Crippen LogP contribution in [0.3, 0.4) is 0 Å². The lowest BCUT2D eigenvalue weighted by atomic mass is 9.89. The lowest BCUT2D eigenvalue weighted by Crippen LogP contribution is -2.48. The number of aliphatic hydroxyl groups is 1. The molecule has 0 spiro atoms. The molecule has 1 aliphatic carbocycles. The molecule has 0 fully saturated rings. The van der Waals surface area contributed by atoms with E-state index in [1.807, 2.05) is 6.92 Å². The molecular formula is C23H23F3N2O2. The summed E-state index contributed by atoms with van der Waals surface area (Å²) in [5.74, 6) is 0. The van der Waals surface area contributed by atoms with Crippen molar-refractivity contribution in [3.05, 3.63) is 81.8 Å². The van der Waals surface area contributed by atoms with E-state index in [1.54, 1.807) is 48.6 Å². The van der Waals surface area contributed by atoms with Gasteiger partial charge >= 0.3 is 6.18 Å². The lowest BCUT2D eigenvalue weighted by Gasteiger charge is -2.30. The number of aliphatic imine (C=N–C) groups is 1. The number of aromatic amines is 1. The molecule has 3 rings (SSSR count). The summed E-state index contributed by atoms with van der Waals surface area (Å²) in [5, 5.41) is 10.7. The minimum atomic E-state index is -4.86. The van der Waals surface area contributed by atoms with Gasteiger partial charge in [-0.1, -0.05) is 49.4 Å². The smallest absolute Gasteiger partial charge is 0.379 e. The van der Waals surface area contributed by atoms with Gasteiger partial charge in [-0.25, -0.2) is 0 Å². The molecule has 1 aromatic carbocycles. The largest absolute Gasteiger partial charge is 0.419 e. The average Bonchev–Trinajstić information content (AvgIpc) is 2.71. The first-order valence-corrected chi connectivity index (χ1v) is 9.70. The van der Waals surface area contributed by atoms with Crippen LogP contribution in [0.2, 0.25) is 0 Å². The number of nitrogens with zero attached hydrogens (tertiary/aromatic N) is 1. The van der Waals surface area contributed by atoms with Crippen LogP contribution >= 0.6 is 0 Å². The van der Waals surface area contributed by atoms with E-state index in [9.17, 15) is 23.1 Å². The van der Waals surface area contributed by atoms with E-state index < -0.39 is 24.7 Å². The Balaban J connectivity index is 1.93. The predicted molar refractivity (Wildman–Crippen MR) is 112 cm³/mol. The zero-order valence-electron chi connectivity index (χ0n) is 16.5. The molecule has 1 aromatic heterocycles. The summed E-state index contributed by atoms with van der Waals surface area (Å²) in [6.07, 6.45) is 0.514. The van der Waals surface area contributed by atoms with Gasteiger partial charge in [0.1, 0.15) is 0 Å². The number of fused-ring (bicyclic) bond motifs is 1. The third-order valence-corrected chi connectivity index (χ3v) is 4.99. The molecule has 1 aliphatic rings. The third kappa shape index (κ3) is 4.79. The molecule has 0 saturated heterocycles. The van der Waals surface area contributed by atoms with Crippen molar-refractivity contribution in [3.63, 3.8) is 0 Å². The molecule has 2 aromatic rings. The zero-order chi connectivity index (χ0) is 21.8. The topological polar surface area (TPSA) is 65.5 Å². The molecule has 1 atom stereocenters. The number of nitrogens with one attached hydrogen (secondary N) is 1. The van der Waals surface area contributed by atoms with E-state index in [0.717, 1.165) is 0 Å². The Bertz CT molecular complexity index is 1040. The highest BCUT2D eigenvalue weighted by Gasteiger charge is 2.54. The fourth-order valence-electron chi connectivity index (χ4n) is 3.40. The Morgan fingerprint density at radius 1 is 1.20 bits per heavy atom. The van der Waals surface area contributed by atoms with Gasteiger partial charge in [0.25, 0.3) is 0 Å². The van der Waals surface area contributed by atoms with E-state index in [4.69, 9.17) is 0 Å². The standard InChI is InChI=1S/C23H23F3N2O2/c1-2-7-17(16-8-4-3-5-9-16)14-22(30,23(24,25)26)15-27-19-10-6-11-20-18(19)12-13-21(29)28-20/h3-9,11-13,30H,2,10,14-15H2,1H3,(H,28,29). The molecule has 0 aliphatic heterocycles. The molecule has 1 unspecified atom stereocenters. The number of allylic oxidation sites excluding steroid dienone is 2. The maximum Gasteiger partial charge on any atom is 0.419 e. The van der Waals surface area contributed by atoms with Crippen LogP contribution in [0, 0.1) is 0 Å². The van der Waals surface area contributed by atoms with Crippen LogP contribution in [0.5, 0.6) is 0 Å². The number of hydrogen-bond acceptors (Lipinski definition) is 3. The molecule has 2 N–H and O–H groups in total. The Labute approximate surface area is 172 Å². The highest BCUT2D eigenvalue weighted by atomic mass is 19.4. The number of rotatable bonds is 6. The molecule has 4 nitrogen and oxygen atoms in total. The Hall–Kier alpha value is -2.93. The number of H-pyrrole nitrogens is 1. The van der Waals surface area contributed by atoms with Crippen LogP contribution < -0.4 is 5.56 Å². The van der Waals surface area contributed by atoms with E-state index in [-0.39, 0.29) is 5.56 Å². The van der Waals surface area contributed by atoms with Gasteiger partial charge in [-0.3, -0.25) is 9.79 Å². The van der Waals surface area contributed by atoms with E-state index in [2.05, 4.69) is 9.98 Å². The number of hydrogen-bond donors (Lipinski definition) is 2. The van der Waals surface area contributed by atoms with Gasteiger partial charge in [0.15, 0.2) is 5.60 Å². The number of alkyl halides is 3. The normalized spacial score (nSPS) is 17.6. The first-order chi connectivity index (χ1) is 14.2. The maximum atomic E-state index is 13.9. The number of halogens is 3. The third-order valence-electron chi connectivity index (χ3n) is 4.99. The second-order valence-electron chi connectivity index (χ2n) is 7.23. The average molecular weight is 416 g/mol. The molecule has 0 bridgehead atoms. The van der Waals surface area contributed by atoms with Crippen molar-refractivity contribution in [1.82, 2.24) is 4.98 Å². The molecule has 158 valence electrons. The number of benzene rings is 1. The van der Waals surface area contributed by atoms with Gasteiger partial charge in [-0.05, 0) is 29.7 Å². The molecule has 0 radical (unpaired) electrons. The SMILES string of the molecule is CCC=C(CC(O)(CN=C1CC=Cc2[nH]c(=O)ccc21)C(F)(F)F)c1ccccc1. The van der Waals surface area contributed by atoms with Crippen molar-refractivity contribution in [2.75, 3.05) is 6.54 Å². The van der Waals surface area contributed by atoms with Crippen LogP contribution in [-0.2, 0) is 0 Å². The number of aromatic nitrogens is 1. The zero-order valence-corrected chi connectivity index (χ0v) is 16.5. The molecular weight excluding hydrogens is 393 g/mol. The first-order valence-electron chi connectivity index (χ1n) is 9.70. The predicted octanol–water partition coefficient (Wildman–Crippen LogP) is 4.76. The maximum absolute atomic E-state index is 13.9. The summed E-state index contributed by atoms with van der Waals surface area (Å²) < 4.78 is 41.7. The summed E-state index contributed by atoms with van der Waals surface area (Å²) in [5.41, 5.74) is -0.798. The molecule has 30 heavy (non-hydrogen) atoms. The molecule has 0 amide bonds. The fraction of sp³-hybridized carbons (Fsp3) is 0.304. The Morgan fingerprint density at radius 3 is 2.60 bits per heavy atom. The Morgan fingerprint density at radius 2 is 1.93 bits per heavy atom. The summed E-state index contributed by atoms with van der Waals surface area (Å²) in [7, 11) is 0. The Kier molecular flexibility index (Phi) is 6.41. The van der Waals surface area contributed by atoms with E-state index >= 15 is 0 Å². The van der Waals surface area contributed by atoms with Gasteiger partial charge in [0.2, 0.25) is 5.56 Å². The summed E-state index contributed by atoms with van der Waals surface area (Å²) in [4.78, 5) is 18.3. The summed E-state index contributed by atoms with van der Waals surface area (Å²) >= 11 is 0. The second kappa shape index (κ2) is 8.83. The lowest BCUT2D eigenvalue weighted by molar-refractivity contribution is -0.253. The van der Waals surface area contributed by atoms with Gasteiger partial charge in [-0.2, -0.15) is 13.2 Å². The van der Waals surface area contributed by atoms with Crippen molar-refractivity contribution in [2.45, 2.75) is 38.0 Å². The van der Waals surface area contributed by atoms with E-state index in [1.165, 1.54) is 12.1 Å². The minimum Gasteiger partial charge on any atom is -0.379 e. The van der Waals surface area contributed by atoms with Crippen LogP contribution in [0.25, 0.3) is 11.6 Å². The minimum absolute atomic E-state index is 0.302. The molecule has 1 heterocycles. The van der Waals surface area contributed by atoms with Crippen molar-refractivity contribution >= 4 is 17.4 Å². The van der Waals surface area contributed by atoms with Crippen LogP contribution in [-0.4, -0.2) is 34.1 Å². The quantitative estimate of drug-likeness (QED) is 0.713. The van der Waals surface area contributed by atoms with Crippen molar-refractivity contribution < 1.29 is 18.3 Å². The number of pyridine rings is 1. The van der Waals surface area contributed by atoms with Crippen LogP contribution in [0.4, 0.5) is 13.2 Å². The van der Waals surface area contributed by atoms with Gasteiger partial charge in [-0.15, -0.1) is 0 Å². The monoisotopic (exact) mass is 416 g/mol. The highest BCUT2D eigenvalue weighted by molar-refractivity contribution is 6.05.